The lowest BCUT2D eigenvalue weighted by molar-refractivity contribution is -0.130. The second-order valence-electron chi connectivity index (χ2n) is 5.01. The number of aliphatic hydroxyl groups excluding tert-OH is 1. The number of rotatable bonds is 6. The molecule has 0 radical (unpaired) electrons. The van der Waals surface area contributed by atoms with E-state index in [9.17, 15) is 14.7 Å². The molecule has 5 N–H and O–H groups in total. The predicted octanol–water partition coefficient (Wildman–Crippen LogP) is 0.286. The highest BCUT2D eigenvalue weighted by Gasteiger charge is 2.27. The van der Waals surface area contributed by atoms with Crippen molar-refractivity contribution in [3.8, 4) is 0 Å². The van der Waals surface area contributed by atoms with Crippen LogP contribution in [0.1, 0.15) is 17.0 Å². The summed E-state index contributed by atoms with van der Waals surface area (Å²) in [6.07, 6.45) is 0. The second-order valence-corrected chi connectivity index (χ2v) is 5.01. The van der Waals surface area contributed by atoms with Crippen molar-refractivity contribution in [2.45, 2.75) is 12.0 Å². The average molecular weight is 313 g/mol. The van der Waals surface area contributed by atoms with Crippen LogP contribution in [-0.4, -0.2) is 29.6 Å². The number of amides is 2. The van der Waals surface area contributed by atoms with Gasteiger partial charge in [0.1, 0.15) is 6.04 Å². The van der Waals surface area contributed by atoms with Crippen molar-refractivity contribution >= 4 is 11.8 Å². The predicted molar refractivity (Wildman–Crippen MR) is 86.1 cm³/mol. The van der Waals surface area contributed by atoms with Gasteiger partial charge in [0.2, 0.25) is 5.91 Å². The lowest BCUT2D eigenvalue weighted by atomic mass is 9.90. The van der Waals surface area contributed by atoms with Crippen LogP contribution in [0.2, 0.25) is 0 Å². The van der Waals surface area contributed by atoms with Crippen LogP contribution in [0.25, 0.3) is 0 Å². The van der Waals surface area contributed by atoms with Gasteiger partial charge in [0.05, 0.1) is 12.5 Å². The number of carbonyl (C=O) groups excluding carboxylic acids is 2. The maximum absolute atomic E-state index is 12.7. The fraction of sp³-hybridized carbons (Fsp3) is 0.176. The number of nitrogens with two attached hydrogens (primary N) is 1. The first kappa shape index (κ1) is 16.7. The van der Waals surface area contributed by atoms with Crippen molar-refractivity contribution in [1.29, 1.82) is 0 Å². The van der Waals surface area contributed by atoms with E-state index in [2.05, 4.69) is 5.32 Å². The Kier molecular flexibility index (Phi) is 5.85. The van der Waals surface area contributed by atoms with E-state index in [0.717, 1.165) is 11.1 Å². The summed E-state index contributed by atoms with van der Waals surface area (Å²) in [7, 11) is 0. The topological polar surface area (TPSA) is 104 Å². The van der Waals surface area contributed by atoms with Gasteiger partial charge >= 0.3 is 0 Å². The Morgan fingerprint density at radius 1 is 0.913 bits per heavy atom. The molecule has 23 heavy (non-hydrogen) atoms. The minimum absolute atomic E-state index is 0.384. The van der Waals surface area contributed by atoms with E-state index in [1.165, 1.54) is 0 Å². The third-order valence-corrected chi connectivity index (χ3v) is 3.49. The molecule has 0 spiro atoms. The highest BCUT2D eigenvalue weighted by atomic mass is 16.3. The third-order valence-electron chi connectivity index (χ3n) is 3.49. The summed E-state index contributed by atoms with van der Waals surface area (Å²) in [6.45, 7) is -0.537. The molecule has 0 aliphatic rings. The number of hydrogen-bond acceptors (Lipinski definition) is 4. The van der Waals surface area contributed by atoms with Gasteiger partial charge in [0, 0.05) is 0 Å². The Morgan fingerprint density at radius 3 is 1.78 bits per heavy atom. The van der Waals surface area contributed by atoms with Crippen molar-refractivity contribution in [3.63, 3.8) is 0 Å². The molecular weight excluding hydrogens is 294 g/mol. The van der Waals surface area contributed by atoms with Gasteiger partial charge in [-0.25, -0.2) is 5.84 Å². The molecule has 120 valence electrons. The van der Waals surface area contributed by atoms with E-state index < -0.39 is 24.5 Å². The zero-order valence-corrected chi connectivity index (χ0v) is 12.5. The van der Waals surface area contributed by atoms with Crippen molar-refractivity contribution < 1.29 is 14.7 Å². The number of hydrazine groups is 1. The highest BCUT2D eigenvalue weighted by Crippen LogP contribution is 2.24. The SMILES string of the molecule is NNC(=O)C(CO)NC(=O)C(c1ccccc1)c1ccccc1. The zero-order chi connectivity index (χ0) is 16.7. The van der Waals surface area contributed by atoms with Gasteiger partial charge < -0.3 is 10.4 Å². The molecule has 0 fully saturated rings. The molecule has 1 atom stereocenters. The standard InChI is InChI=1S/C17H19N3O3/c18-20-16(22)14(11-21)19-17(23)15(12-7-3-1-4-8-12)13-9-5-2-6-10-13/h1-10,14-15,21H,11,18H2,(H,19,23)(H,20,22). The number of nitrogens with one attached hydrogen (secondary N) is 2. The van der Waals surface area contributed by atoms with Crippen LogP contribution in [0.5, 0.6) is 0 Å². The van der Waals surface area contributed by atoms with Crippen LogP contribution >= 0.6 is 0 Å². The van der Waals surface area contributed by atoms with Crippen LogP contribution in [-0.2, 0) is 9.59 Å². The van der Waals surface area contributed by atoms with Gasteiger partial charge in [0.15, 0.2) is 0 Å². The van der Waals surface area contributed by atoms with Gasteiger partial charge in [-0.05, 0) is 11.1 Å². The monoisotopic (exact) mass is 313 g/mol. The molecule has 0 saturated carbocycles. The normalized spacial score (nSPS) is 11.8. The van der Waals surface area contributed by atoms with Crippen molar-refractivity contribution in [3.05, 3.63) is 71.8 Å². The van der Waals surface area contributed by atoms with E-state index in [1.807, 2.05) is 66.1 Å². The first-order valence-electron chi connectivity index (χ1n) is 7.19. The van der Waals surface area contributed by atoms with Gasteiger partial charge in [-0.3, -0.25) is 15.0 Å². The molecule has 0 bridgehead atoms. The highest BCUT2D eigenvalue weighted by molar-refractivity contribution is 5.92. The van der Waals surface area contributed by atoms with Crippen LogP contribution in [0.15, 0.2) is 60.7 Å². The first-order valence-corrected chi connectivity index (χ1v) is 7.19. The Balaban J connectivity index is 2.31. The molecule has 2 rings (SSSR count). The van der Waals surface area contributed by atoms with E-state index in [1.54, 1.807) is 0 Å². The number of carbonyl (C=O) groups is 2. The summed E-state index contributed by atoms with van der Waals surface area (Å²) < 4.78 is 0. The minimum Gasteiger partial charge on any atom is -0.394 e. The first-order chi connectivity index (χ1) is 11.2. The fourth-order valence-corrected chi connectivity index (χ4v) is 2.34. The van der Waals surface area contributed by atoms with E-state index in [0.29, 0.717) is 0 Å². The Hall–Kier alpha value is -2.70. The van der Waals surface area contributed by atoms with Crippen molar-refractivity contribution in [1.82, 2.24) is 10.7 Å². The van der Waals surface area contributed by atoms with Crippen LogP contribution in [0.4, 0.5) is 0 Å². The second kappa shape index (κ2) is 8.07. The largest absolute Gasteiger partial charge is 0.394 e. The molecule has 0 heterocycles. The van der Waals surface area contributed by atoms with Gasteiger partial charge in [-0.15, -0.1) is 0 Å². The Morgan fingerprint density at radius 2 is 1.39 bits per heavy atom. The molecule has 0 aliphatic heterocycles. The summed E-state index contributed by atoms with van der Waals surface area (Å²) in [6, 6.07) is 17.4. The average Bonchev–Trinajstić information content (AvgIpc) is 2.61. The molecule has 2 amide bonds. The maximum atomic E-state index is 12.7. The molecule has 6 nitrogen and oxygen atoms in total. The van der Waals surface area contributed by atoms with E-state index >= 15 is 0 Å². The molecule has 0 saturated heterocycles. The van der Waals surface area contributed by atoms with Crippen molar-refractivity contribution in [2.24, 2.45) is 5.84 Å². The Bertz CT molecular complexity index is 607. The number of aliphatic hydroxyl groups is 1. The van der Waals surface area contributed by atoms with Crippen LogP contribution in [0.3, 0.4) is 0 Å². The summed E-state index contributed by atoms with van der Waals surface area (Å²) in [5.41, 5.74) is 3.51. The lowest BCUT2D eigenvalue weighted by Crippen LogP contribution is -2.51. The summed E-state index contributed by atoms with van der Waals surface area (Å²) in [4.78, 5) is 24.3. The fourth-order valence-electron chi connectivity index (χ4n) is 2.34. The maximum Gasteiger partial charge on any atom is 0.258 e. The quantitative estimate of drug-likeness (QED) is 0.349. The number of benzene rings is 2. The molecule has 0 aromatic heterocycles. The van der Waals surface area contributed by atoms with Gasteiger partial charge in [0.25, 0.3) is 5.91 Å². The summed E-state index contributed by atoms with van der Waals surface area (Å²) in [5.74, 6) is 3.44. The molecule has 0 aliphatic carbocycles. The molecule has 6 heteroatoms. The van der Waals surface area contributed by atoms with E-state index in [-0.39, 0.29) is 5.91 Å². The van der Waals surface area contributed by atoms with Crippen LogP contribution < -0.4 is 16.6 Å². The lowest BCUT2D eigenvalue weighted by Gasteiger charge is -2.21. The summed E-state index contributed by atoms with van der Waals surface area (Å²) >= 11 is 0. The molecule has 2 aromatic rings. The van der Waals surface area contributed by atoms with Gasteiger partial charge in [-0.1, -0.05) is 60.7 Å². The minimum atomic E-state index is -1.09. The molecular formula is C17H19N3O3. The van der Waals surface area contributed by atoms with Gasteiger partial charge in [-0.2, -0.15) is 0 Å². The molecule has 2 aromatic carbocycles. The Labute approximate surface area is 134 Å². The third kappa shape index (κ3) is 4.15. The van der Waals surface area contributed by atoms with Crippen molar-refractivity contribution in [2.75, 3.05) is 6.61 Å². The summed E-state index contributed by atoms with van der Waals surface area (Å²) in [5, 5.41) is 11.8. The molecule has 1 unspecified atom stereocenters. The zero-order valence-electron chi connectivity index (χ0n) is 12.5. The smallest absolute Gasteiger partial charge is 0.258 e. The number of hydrogen-bond donors (Lipinski definition) is 4. The van der Waals surface area contributed by atoms with Crippen LogP contribution in [0, 0.1) is 0 Å². The van der Waals surface area contributed by atoms with E-state index in [4.69, 9.17) is 5.84 Å².